The van der Waals surface area contributed by atoms with Crippen molar-refractivity contribution in [3.63, 3.8) is 0 Å². The zero-order valence-corrected chi connectivity index (χ0v) is 10.5. The largest absolute Gasteiger partial charge is 0.300 e. The molecule has 0 saturated carbocycles. The van der Waals surface area contributed by atoms with Crippen molar-refractivity contribution in [2.45, 2.75) is 38.8 Å². The molecule has 1 heterocycles. The lowest BCUT2D eigenvalue weighted by atomic mass is 10.1. The van der Waals surface area contributed by atoms with Crippen LogP contribution < -0.4 is 0 Å². The lowest BCUT2D eigenvalue weighted by molar-refractivity contribution is 0.0357. The first kappa shape index (κ1) is 13.8. The van der Waals surface area contributed by atoms with Gasteiger partial charge in [0.15, 0.2) is 0 Å². The van der Waals surface area contributed by atoms with E-state index < -0.39 is 0 Å². The van der Waals surface area contributed by atoms with Gasteiger partial charge in [-0.05, 0) is 26.7 Å². The van der Waals surface area contributed by atoms with E-state index in [1.54, 1.807) is 0 Å². The Morgan fingerprint density at radius 2 is 1.44 bits per heavy atom. The van der Waals surface area contributed by atoms with Gasteiger partial charge in [0.25, 0.3) is 0 Å². The van der Waals surface area contributed by atoms with E-state index >= 15 is 0 Å². The fourth-order valence-corrected chi connectivity index (χ4v) is 2.62. The highest BCUT2D eigenvalue weighted by Crippen LogP contribution is 2.16. The Hall–Kier alpha value is -0.220. The van der Waals surface area contributed by atoms with E-state index in [-0.39, 0.29) is 13.3 Å². The summed E-state index contributed by atoms with van der Waals surface area (Å²) in [6, 6.07) is 0.907. The molecule has 0 radical (unpaired) electrons. The first-order valence-electron chi connectivity index (χ1n) is 6.29. The zero-order valence-electron chi connectivity index (χ0n) is 10.5. The second-order valence-electron chi connectivity index (χ2n) is 4.78. The molecular weight excluding hydrogens is 210 g/mol. The smallest absolute Gasteiger partial charge is 0.0906 e. The third-order valence-corrected chi connectivity index (χ3v) is 3.34. The Morgan fingerprint density at radius 3 is 1.94 bits per heavy atom. The van der Waals surface area contributed by atoms with Crippen LogP contribution in [0, 0.1) is 0 Å². The molecule has 1 saturated heterocycles. The van der Waals surface area contributed by atoms with Crippen molar-refractivity contribution >= 4 is 0 Å². The van der Waals surface area contributed by atoms with Crippen LogP contribution in [0.1, 0.15) is 26.7 Å². The molecule has 96 valence electrons. The van der Waals surface area contributed by atoms with Gasteiger partial charge >= 0.3 is 0 Å². The summed E-state index contributed by atoms with van der Waals surface area (Å²) in [5, 5.41) is 0. The molecule has 1 rings (SSSR count). The Morgan fingerprint density at radius 1 is 0.938 bits per heavy atom. The van der Waals surface area contributed by atoms with E-state index in [0.29, 0.717) is 24.9 Å². The van der Waals surface area contributed by atoms with E-state index in [9.17, 15) is 8.78 Å². The molecule has 0 spiro atoms. The standard InChI is InChI=1S/C12H24F2N2/c1-11-9-15(7-3-5-13)10-12(2)16(11)8-4-6-14/h11-12H,3-10H2,1-2H3/t11-,12-/m0/s1. The maximum Gasteiger partial charge on any atom is 0.0906 e. The number of hydrogen-bond donors (Lipinski definition) is 0. The van der Waals surface area contributed by atoms with Gasteiger partial charge in [-0.15, -0.1) is 0 Å². The minimum atomic E-state index is -0.235. The van der Waals surface area contributed by atoms with Crippen LogP contribution in [0.15, 0.2) is 0 Å². The van der Waals surface area contributed by atoms with Crippen LogP contribution in [0.3, 0.4) is 0 Å². The summed E-state index contributed by atoms with van der Waals surface area (Å²) in [5.74, 6) is 0. The van der Waals surface area contributed by atoms with Crippen molar-refractivity contribution in [1.82, 2.24) is 9.80 Å². The summed E-state index contributed by atoms with van der Waals surface area (Å²) in [6.45, 7) is 7.55. The Bertz CT molecular complexity index is 178. The van der Waals surface area contributed by atoms with Crippen molar-refractivity contribution in [2.75, 3.05) is 39.5 Å². The number of rotatable bonds is 6. The zero-order chi connectivity index (χ0) is 12.0. The van der Waals surface area contributed by atoms with Gasteiger partial charge in [0.05, 0.1) is 13.3 Å². The van der Waals surface area contributed by atoms with Crippen LogP contribution in [0.5, 0.6) is 0 Å². The first-order valence-corrected chi connectivity index (χ1v) is 6.29. The molecule has 4 heteroatoms. The molecule has 1 fully saturated rings. The highest BCUT2D eigenvalue weighted by Gasteiger charge is 2.28. The first-order chi connectivity index (χ1) is 7.69. The molecule has 2 atom stereocenters. The lowest BCUT2D eigenvalue weighted by Crippen LogP contribution is -2.56. The van der Waals surface area contributed by atoms with Gasteiger partial charge in [-0.1, -0.05) is 0 Å². The maximum absolute atomic E-state index is 12.2. The SMILES string of the molecule is C[C@H]1CN(CCCF)C[C@H](C)N1CCCF. The van der Waals surface area contributed by atoms with Crippen LogP contribution in [0.4, 0.5) is 8.78 Å². The third kappa shape index (κ3) is 3.98. The molecule has 0 aliphatic carbocycles. The Kier molecular flexibility index (Phi) is 6.21. The molecule has 1 aliphatic heterocycles. The topological polar surface area (TPSA) is 6.48 Å². The summed E-state index contributed by atoms with van der Waals surface area (Å²) in [4.78, 5) is 4.69. The quantitative estimate of drug-likeness (QED) is 0.694. The summed E-state index contributed by atoms with van der Waals surface area (Å²) < 4.78 is 24.3. The van der Waals surface area contributed by atoms with Gasteiger partial charge in [-0.3, -0.25) is 13.7 Å². The van der Waals surface area contributed by atoms with Crippen molar-refractivity contribution in [3.05, 3.63) is 0 Å². The molecule has 0 bridgehead atoms. The number of piperazine rings is 1. The Labute approximate surface area is 97.6 Å². The summed E-state index contributed by atoms with van der Waals surface area (Å²) in [6.07, 6.45) is 1.25. The van der Waals surface area contributed by atoms with Gasteiger partial charge in [0.2, 0.25) is 0 Å². The predicted octanol–water partition coefficient (Wildman–Crippen LogP) is 2.10. The van der Waals surface area contributed by atoms with Crippen LogP contribution in [-0.2, 0) is 0 Å². The molecular formula is C12H24F2N2. The normalized spacial score (nSPS) is 28.5. The van der Waals surface area contributed by atoms with E-state index in [1.165, 1.54) is 0 Å². The van der Waals surface area contributed by atoms with E-state index in [4.69, 9.17) is 0 Å². The molecule has 0 N–H and O–H groups in total. The van der Waals surface area contributed by atoms with Crippen LogP contribution in [0.25, 0.3) is 0 Å². The molecule has 2 nitrogen and oxygen atoms in total. The average molecular weight is 234 g/mol. The molecule has 0 aromatic rings. The van der Waals surface area contributed by atoms with E-state index in [2.05, 4.69) is 23.6 Å². The molecule has 0 unspecified atom stereocenters. The van der Waals surface area contributed by atoms with Gasteiger partial charge in [0.1, 0.15) is 0 Å². The summed E-state index contributed by atoms with van der Waals surface area (Å²) >= 11 is 0. The molecule has 0 aromatic heterocycles. The highest BCUT2D eigenvalue weighted by atomic mass is 19.1. The molecule has 0 amide bonds. The average Bonchev–Trinajstić information content (AvgIpc) is 2.25. The second-order valence-corrected chi connectivity index (χ2v) is 4.78. The van der Waals surface area contributed by atoms with Gasteiger partial charge < -0.3 is 4.90 Å². The van der Waals surface area contributed by atoms with Crippen LogP contribution >= 0.6 is 0 Å². The van der Waals surface area contributed by atoms with Gasteiger partial charge in [0, 0.05) is 38.3 Å². The predicted molar refractivity (Wildman–Crippen MR) is 63.3 cm³/mol. The molecule has 16 heavy (non-hydrogen) atoms. The molecule has 1 aliphatic rings. The maximum atomic E-state index is 12.2. The van der Waals surface area contributed by atoms with E-state index in [1.807, 2.05) is 0 Å². The lowest BCUT2D eigenvalue weighted by Gasteiger charge is -2.44. The summed E-state index contributed by atoms with van der Waals surface area (Å²) in [7, 11) is 0. The van der Waals surface area contributed by atoms with Crippen molar-refractivity contribution in [3.8, 4) is 0 Å². The minimum Gasteiger partial charge on any atom is -0.300 e. The second kappa shape index (κ2) is 7.17. The molecule has 0 aromatic carbocycles. The third-order valence-electron chi connectivity index (χ3n) is 3.34. The monoisotopic (exact) mass is 234 g/mol. The van der Waals surface area contributed by atoms with Crippen LogP contribution in [0.2, 0.25) is 0 Å². The Balaban J connectivity index is 2.37. The number of alkyl halides is 2. The minimum absolute atomic E-state index is 0.231. The van der Waals surface area contributed by atoms with Gasteiger partial charge in [-0.2, -0.15) is 0 Å². The number of halogens is 2. The van der Waals surface area contributed by atoms with Crippen molar-refractivity contribution in [2.24, 2.45) is 0 Å². The summed E-state index contributed by atoms with van der Waals surface area (Å²) in [5.41, 5.74) is 0. The highest BCUT2D eigenvalue weighted by molar-refractivity contribution is 4.84. The van der Waals surface area contributed by atoms with Crippen LogP contribution in [-0.4, -0.2) is 61.4 Å². The number of nitrogens with zero attached hydrogens (tertiary/aromatic N) is 2. The number of hydrogen-bond acceptors (Lipinski definition) is 2. The van der Waals surface area contributed by atoms with Gasteiger partial charge in [-0.25, -0.2) is 0 Å². The van der Waals surface area contributed by atoms with E-state index in [0.717, 1.165) is 26.2 Å². The fraction of sp³-hybridized carbons (Fsp3) is 1.00. The fourth-order valence-electron chi connectivity index (χ4n) is 2.62. The van der Waals surface area contributed by atoms with Crippen molar-refractivity contribution in [1.29, 1.82) is 0 Å². The van der Waals surface area contributed by atoms with Crippen molar-refractivity contribution < 1.29 is 8.78 Å².